The molecule has 0 aromatic carbocycles. The van der Waals surface area contributed by atoms with E-state index in [1.807, 2.05) is 11.6 Å². The topological polar surface area (TPSA) is 38.9 Å². The van der Waals surface area contributed by atoms with E-state index in [1.165, 1.54) is 0 Å². The molecule has 112 valence electrons. The van der Waals surface area contributed by atoms with Gasteiger partial charge in [0.15, 0.2) is 5.65 Å². The summed E-state index contributed by atoms with van der Waals surface area (Å²) in [5.74, 6) is 1.37. The summed E-state index contributed by atoms with van der Waals surface area (Å²) in [5.41, 5.74) is 3.05. The highest BCUT2D eigenvalue weighted by Gasteiger charge is 2.18. The van der Waals surface area contributed by atoms with Crippen molar-refractivity contribution in [2.75, 3.05) is 13.6 Å². The number of aromatic nitrogens is 4. The summed E-state index contributed by atoms with van der Waals surface area (Å²) in [5, 5.41) is 4.54. The Hall–Kier alpha value is -1.07. The summed E-state index contributed by atoms with van der Waals surface area (Å²) in [6.07, 6.45) is 0. The summed E-state index contributed by atoms with van der Waals surface area (Å²) < 4.78 is 4.23. The van der Waals surface area contributed by atoms with Crippen LogP contribution in [0.25, 0.3) is 11.2 Å². The van der Waals surface area contributed by atoms with Gasteiger partial charge in [-0.15, -0.1) is 11.6 Å². The average Bonchev–Trinajstić information content (AvgIpc) is 2.93. The molecule has 0 aliphatic rings. The van der Waals surface area contributed by atoms with Gasteiger partial charge in [-0.1, -0.05) is 0 Å². The van der Waals surface area contributed by atoms with Gasteiger partial charge in [-0.25, -0.2) is 9.67 Å². The second kappa shape index (κ2) is 6.14. The number of hydrogen-bond donors (Lipinski definition) is 0. The molecular formula is C14H24ClN5. The van der Waals surface area contributed by atoms with Crippen molar-refractivity contribution in [3.63, 3.8) is 0 Å². The fourth-order valence-electron chi connectivity index (χ4n) is 2.34. The monoisotopic (exact) mass is 297 g/mol. The standard InChI is InChI=1S/C14H24ClN5/c1-6-20-14-13(11(4)17-20)16-12(9-15)19(14)8-7-18(5)10(2)3/h10H,6-9H2,1-5H3. The van der Waals surface area contributed by atoms with Crippen molar-refractivity contribution < 1.29 is 0 Å². The molecule has 0 saturated carbocycles. The summed E-state index contributed by atoms with van der Waals surface area (Å²) >= 11 is 6.06. The molecular weight excluding hydrogens is 274 g/mol. The van der Waals surface area contributed by atoms with Crippen molar-refractivity contribution in [1.82, 2.24) is 24.2 Å². The molecule has 0 bridgehead atoms. The largest absolute Gasteiger partial charge is 0.311 e. The quantitative estimate of drug-likeness (QED) is 0.770. The van der Waals surface area contributed by atoms with Crippen molar-refractivity contribution in [2.45, 2.75) is 52.7 Å². The molecule has 0 N–H and O–H groups in total. The molecule has 2 heterocycles. The first-order valence-electron chi connectivity index (χ1n) is 7.18. The lowest BCUT2D eigenvalue weighted by Crippen LogP contribution is -2.30. The van der Waals surface area contributed by atoms with Gasteiger partial charge >= 0.3 is 0 Å². The zero-order chi connectivity index (χ0) is 14.9. The maximum absolute atomic E-state index is 6.06. The van der Waals surface area contributed by atoms with Crippen LogP contribution in [0.1, 0.15) is 32.3 Å². The number of nitrogens with zero attached hydrogens (tertiary/aromatic N) is 5. The predicted octanol–water partition coefficient (Wildman–Crippen LogP) is 2.64. The van der Waals surface area contributed by atoms with Crippen molar-refractivity contribution in [2.24, 2.45) is 0 Å². The van der Waals surface area contributed by atoms with Crippen LogP contribution in [0.4, 0.5) is 0 Å². The van der Waals surface area contributed by atoms with E-state index in [-0.39, 0.29) is 0 Å². The molecule has 0 aliphatic carbocycles. The molecule has 5 nitrogen and oxygen atoms in total. The molecule has 0 atom stereocenters. The van der Waals surface area contributed by atoms with Crippen LogP contribution in [0, 0.1) is 6.92 Å². The van der Waals surface area contributed by atoms with E-state index in [9.17, 15) is 0 Å². The number of likely N-dealkylation sites (N-methyl/N-ethyl adjacent to an activating group) is 1. The molecule has 2 aromatic heterocycles. The summed E-state index contributed by atoms with van der Waals surface area (Å²) in [7, 11) is 2.14. The number of alkyl halides is 1. The molecule has 0 aliphatic heterocycles. The van der Waals surface area contributed by atoms with Gasteiger partial charge in [0.05, 0.1) is 11.6 Å². The first-order chi connectivity index (χ1) is 9.49. The Bertz CT molecular complexity index is 584. The molecule has 0 fully saturated rings. The van der Waals surface area contributed by atoms with Crippen LogP contribution in [-0.4, -0.2) is 43.9 Å². The van der Waals surface area contributed by atoms with Gasteiger partial charge in [-0.3, -0.25) is 0 Å². The van der Waals surface area contributed by atoms with E-state index < -0.39 is 0 Å². The minimum Gasteiger partial charge on any atom is -0.311 e. The van der Waals surface area contributed by atoms with Crippen molar-refractivity contribution in [3.05, 3.63) is 11.5 Å². The SMILES string of the molecule is CCn1nc(C)c2nc(CCl)n(CCN(C)C(C)C)c21. The van der Waals surface area contributed by atoms with E-state index in [1.54, 1.807) is 0 Å². The van der Waals surface area contributed by atoms with Crippen LogP contribution in [0.15, 0.2) is 0 Å². The molecule has 2 rings (SSSR count). The van der Waals surface area contributed by atoms with E-state index in [0.717, 1.165) is 42.3 Å². The Balaban J connectivity index is 2.39. The van der Waals surface area contributed by atoms with Crippen molar-refractivity contribution in [1.29, 1.82) is 0 Å². The van der Waals surface area contributed by atoms with E-state index >= 15 is 0 Å². The van der Waals surface area contributed by atoms with Gasteiger partial charge in [0.1, 0.15) is 11.3 Å². The first-order valence-corrected chi connectivity index (χ1v) is 7.71. The van der Waals surface area contributed by atoms with Gasteiger partial charge in [-0.2, -0.15) is 5.10 Å². The van der Waals surface area contributed by atoms with Gasteiger partial charge in [0.25, 0.3) is 0 Å². The smallest absolute Gasteiger partial charge is 0.158 e. The summed E-state index contributed by atoms with van der Waals surface area (Å²) in [6, 6.07) is 0.534. The third-order valence-electron chi connectivity index (χ3n) is 3.85. The normalized spacial score (nSPS) is 12.2. The Kier molecular flexibility index (Phi) is 4.70. The Morgan fingerprint density at radius 2 is 2.05 bits per heavy atom. The number of aryl methyl sites for hydroxylation is 2. The lowest BCUT2D eigenvalue weighted by Gasteiger charge is -2.21. The van der Waals surface area contributed by atoms with E-state index in [0.29, 0.717) is 11.9 Å². The number of hydrogen-bond acceptors (Lipinski definition) is 3. The molecule has 2 aromatic rings. The van der Waals surface area contributed by atoms with Crippen LogP contribution in [0.3, 0.4) is 0 Å². The third-order valence-corrected chi connectivity index (χ3v) is 4.09. The van der Waals surface area contributed by atoms with Gasteiger partial charge in [-0.05, 0) is 34.7 Å². The lowest BCUT2D eigenvalue weighted by molar-refractivity contribution is 0.263. The lowest BCUT2D eigenvalue weighted by atomic mass is 10.3. The van der Waals surface area contributed by atoms with Crippen LogP contribution in [0.5, 0.6) is 0 Å². The third kappa shape index (κ3) is 2.69. The van der Waals surface area contributed by atoms with Gasteiger partial charge in [0.2, 0.25) is 0 Å². The van der Waals surface area contributed by atoms with Crippen LogP contribution < -0.4 is 0 Å². The molecule has 0 unspecified atom stereocenters. The fourth-order valence-corrected chi connectivity index (χ4v) is 2.55. The van der Waals surface area contributed by atoms with E-state index in [2.05, 4.69) is 47.4 Å². The fraction of sp³-hybridized carbons (Fsp3) is 0.714. The second-order valence-electron chi connectivity index (χ2n) is 5.46. The molecule has 6 heteroatoms. The van der Waals surface area contributed by atoms with Crippen LogP contribution in [-0.2, 0) is 19.0 Å². The Morgan fingerprint density at radius 1 is 1.35 bits per heavy atom. The maximum Gasteiger partial charge on any atom is 0.158 e. The molecule has 0 amide bonds. The summed E-state index contributed by atoms with van der Waals surface area (Å²) in [6.45, 7) is 11.2. The van der Waals surface area contributed by atoms with Crippen LogP contribution in [0.2, 0.25) is 0 Å². The highest BCUT2D eigenvalue weighted by molar-refractivity contribution is 6.16. The predicted molar refractivity (Wildman–Crippen MR) is 83.3 cm³/mol. The molecule has 0 spiro atoms. The average molecular weight is 298 g/mol. The Morgan fingerprint density at radius 3 is 2.60 bits per heavy atom. The number of halogens is 1. The van der Waals surface area contributed by atoms with E-state index in [4.69, 9.17) is 11.6 Å². The highest BCUT2D eigenvalue weighted by Crippen LogP contribution is 2.21. The highest BCUT2D eigenvalue weighted by atomic mass is 35.5. The first kappa shape index (κ1) is 15.3. The molecule has 0 radical (unpaired) electrons. The minimum absolute atomic E-state index is 0.434. The van der Waals surface area contributed by atoms with Gasteiger partial charge < -0.3 is 9.47 Å². The van der Waals surface area contributed by atoms with Gasteiger partial charge in [0, 0.05) is 25.7 Å². The zero-order valence-electron chi connectivity index (χ0n) is 13.0. The zero-order valence-corrected chi connectivity index (χ0v) is 13.8. The second-order valence-corrected chi connectivity index (χ2v) is 5.73. The van der Waals surface area contributed by atoms with Crippen LogP contribution >= 0.6 is 11.6 Å². The van der Waals surface area contributed by atoms with Crippen molar-refractivity contribution in [3.8, 4) is 0 Å². The van der Waals surface area contributed by atoms with Crippen molar-refractivity contribution >= 4 is 22.8 Å². The minimum atomic E-state index is 0.434. The molecule has 20 heavy (non-hydrogen) atoms. The number of fused-ring (bicyclic) bond motifs is 1. The molecule has 0 saturated heterocycles. The summed E-state index contributed by atoms with van der Waals surface area (Å²) in [4.78, 5) is 6.97. The Labute approximate surface area is 125 Å². The number of imidazole rings is 1. The maximum atomic E-state index is 6.06. The number of rotatable bonds is 6.